The first kappa shape index (κ1) is 19.4. The molecule has 0 spiro atoms. The van der Waals surface area contributed by atoms with Gasteiger partial charge >= 0.3 is 0 Å². The lowest BCUT2D eigenvalue weighted by atomic mass is 10.1. The van der Waals surface area contributed by atoms with Crippen LogP contribution in [-0.4, -0.2) is 54.3 Å². The van der Waals surface area contributed by atoms with Gasteiger partial charge in [-0.25, -0.2) is 4.98 Å². The maximum absolute atomic E-state index is 5.73. The summed E-state index contributed by atoms with van der Waals surface area (Å²) >= 11 is 0. The minimum Gasteiger partial charge on any atom is -0.379 e. The number of hydrogen-bond donors (Lipinski definition) is 1. The third kappa shape index (κ3) is 6.10. The van der Waals surface area contributed by atoms with E-state index in [1.165, 1.54) is 24.0 Å². The highest BCUT2D eigenvalue weighted by Gasteiger charge is 2.21. The molecule has 0 unspecified atom stereocenters. The molecule has 0 bridgehead atoms. The number of hydrogen-bond acceptors (Lipinski definition) is 3. The van der Waals surface area contributed by atoms with Crippen LogP contribution in [0.2, 0.25) is 0 Å². The number of rotatable bonds is 9. The summed E-state index contributed by atoms with van der Waals surface area (Å²) in [7, 11) is 3.87. The summed E-state index contributed by atoms with van der Waals surface area (Å²) in [4.78, 5) is 10.8. The minimum atomic E-state index is 0.743. The molecule has 0 radical (unpaired) electrons. The quantitative estimate of drug-likeness (QED) is 0.419. The molecule has 1 aromatic heterocycles. The van der Waals surface area contributed by atoms with Gasteiger partial charge in [-0.1, -0.05) is 24.3 Å². The molecule has 6 nitrogen and oxygen atoms in total. The molecule has 27 heavy (non-hydrogen) atoms. The zero-order valence-corrected chi connectivity index (χ0v) is 16.7. The second-order valence-corrected chi connectivity index (χ2v) is 7.26. The molecule has 146 valence electrons. The molecule has 2 aromatic rings. The molecule has 3 rings (SSSR count). The Balaban J connectivity index is 1.47. The van der Waals surface area contributed by atoms with E-state index in [0.717, 1.165) is 50.5 Å². The van der Waals surface area contributed by atoms with Crippen LogP contribution in [0, 0.1) is 12.8 Å². The standard InChI is InChI=1S/C21H31N5O/c1-17-23-9-10-26(17)15-20-6-4-5-19(13-20)14-24-21(22-2)25(3)11-12-27-16-18-7-8-18/h4-6,9-10,13,18H,7-8,11-12,14-16H2,1-3H3,(H,22,24). The molecule has 1 aliphatic carbocycles. The predicted molar refractivity (Wildman–Crippen MR) is 109 cm³/mol. The minimum absolute atomic E-state index is 0.743. The first-order chi connectivity index (χ1) is 13.2. The van der Waals surface area contributed by atoms with Gasteiger partial charge in [0.2, 0.25) is 0 Å². The van der Waals surface area contributed by atoms with Crippen LogP contribution in [0.4, 0.5) is 0 Å². The summed E-state index contributed by atoms with van der Waals surface area (Å²) in [6.45, 7) is 6.10. The van der Waals surface area contributed by atoms with Gasteiger partial charge in [-0.15, -0.1) is 0 Å². The van der Waals surface area contributed by atoms with Crippen molar-refractivity contribution in [2.24, 2.45) is 10.9 Å². The van der Waals surface area contributed by atoms with Crippen molar-refractivity contribution in [1.29, 1.82) is 0 Å². The lowest BCUT2D eigenvalue weighted by Crippen LogP contribution is -2.40. The van der Waals surface area contributed by atoms with Gasteiger partial charge in [0.25, 0.3) is 0 Å². The highest BCUT2D eigenvalue weighted by Crippen LogP contribution is 2.28. The Labute approximate surface area is 162 Å². The molecule has 1 fully saturated rings. The molecule has 0 atom stereocenters. The lowest BCUT2D eigenvalue weighted by Gasteiger charge is -2.22. The van der Waals surface area contributed by atoms with Gasteiger partial charge in [0.05, 0.1) is 6.61 Å². The molecule has 1 saturated carbocycles. The van der Waals surface area contributed by atoms with E-state index in [1.54, 1.807) is 0 Å². The molecule has 1 aromatic carbocycles. The van der Waals surface area contributed by atoms with E-state index in [2.05, 4.69) is 49.0 Å². The maximum atomic E-state index is 5.73. The summed E-state index contributed by atoms with van der Waals surface area (Å²) in [5, 5.41) is 3.45. The van der Waals surface area contributed by atoms with E-state index in [1.807, 2.05) is 33.4 Å². The van der Waals surface area contributed by atoms with E-state index >= 15 is 0 Å². The zero-order valence-electron chi connectivity index (χ0n) is 16.7. The van der Waals surface area contributed by atoms with Crippen LogP contribution in [0.3, 0.4) is 0 Å². The number of nitrogens with one attached hydrogen (secondary N) is 1. The lowest BCUT2D eigenvalue weighted by molar-refractivity contribution is 0.115. The summed E-state index contributed by atoms with van der Waals surface area (Å²) in [5.74, 6) is 2.73. The number of aryl methyl sites for hydroxylation is 1. The average molecular weight is 370 g/mol. The van der Waals surface area contributed by atoms with Gasteiger partial charge < -0.3 is 19.5 Å². The van der Waals surface area contributed by atoms with Gasteiger partial charge in [0.1, 0.15) is 5.82 Å². The number of guanidine groups is 1. The number of aromatic nitrogens is 2. The second-order valence-electron chi connectivity index (χ2n) is 7.26. The van der Waals surface area contributed by atoms with Crippen molar-refractivity contribution in [2.45, 2.75) is 32.9 Å². The highest BCUT2D eigenvalue weighted by molar-refractivity contribution is 5.79. The molecule has 0 amide bonds. The first-order valence-corrected chi connectivity index (χ1v) is 9.71. The fourth-order valence-electron chi connectivity index (χ4n) is 3.01. The van der Waals surface area contributed by atoms with Crippen LogP contribution in [0.25, 0.3) is 0 Å². The van der Waals surface area contributed by atoms with Crippen molar-refractivity contribution in [3.8, 4) is 0 Å². The third-order valence-electron chi connectivity index (χ3n) is 4.91. The van der Waals surface area contributed by atoms with E-state index in [9.17, 15) is 0 Å². The number of ether oxygens (including phenoxy) is 1. The number of aliphatic imine (C=N–C) groups is 1. The van der Waals surface area contributed by atoms with Crippen molar-refractivity contribution in [3.05, 3.63) is 53.6 Å². The molecule has 1 N–H and O–H groups in total. The Morgan fingerprint density at radius 1 is 1.37 bits per heavy atom. The Hall–Kier alpha value is -2.34. The van der Waals surface area contributed by atoms with Crippen LogP contribution in [-0.2, 0) is 17.8 Å². The Bertz CT molecular complexity index is 751. The van der Waals surface area contributed by atoms with Gasteiger partial charge in [0.15, 0.2) is 5.96 Å². The largest absolute Gasteiger partial charge is 0.379 e. The van der Waals surface area contributed by atoms with Crippen molar-refractivity contribution < 1.29 is 4.74 Å². The van der Waals surface area contributed by atoms with Crippen molar-refractivity contribution in [2.75, 3.05) is 33.9 Å². The predicted octanol–water partition coefficient (Wildman–Crippen LogP) is 2.67. The molecule has 1 heterocycles. The molecule has 0 aliphatic heterocycles. The molecule has 1 aliphatic rings. The van der Waals surface area contributed by atoms with Gasteiger partial charge in [-0.05, 0) is 36.8 Å². The zero-order chi connectivity index (χ0) is 19.1. The van der Waals surface area contributed by atoms with Crippen molar-refractivity contribution in [3.63, 3.8) is 0 Å². The van der Waals surface area contributed by atoms with Gasteiger partial charge in [-0.3, -0.25) is 4.99 Å². The number of imidazole rings is 1. The maximum Gasteiger partial charge on any atom is 0.193 e. The summed E-state index contributed by atoms with van der Waals surface area (Å²) in [6, 6.07) is 8.64. The summed E-state index contributed by atoms with van der Waals surface area (Å²) < 4.78 is 7.88. The Morgan fingerprint density at radius 3 is 2.89 bits per heavy atom. The monoisotopic (exact) mass is 369 g/mol. The number of nitrogens with zero attached hydrogens (tertiary/aromatic N) is 4. The van der Waals surface area contributed by atoms with Gasteiger partial charge in [-0.2, -0.15) is 0 Å². The SMILES string of the molecule is CN=C(NCc1cccc(Cn2ccnc2C)c1)N(C)CCOCC1CC1. The van der Waals surface area contributed by atoms with Crippen LogP contribution in [0.1, 0.15) is 29.8 Å². The van der Waals surface area contributed by atoms with Crippen LogP contribution in [0.5, 0.6) is 0 Å². The van der Waals surface area contributed by atoms with Crippen LogP contribution in [0.15, 0.2) is 41.7 Å². The Morgan fingerprint density at radius 2 is 2.19 bits per heavy atom. The Kier molecular flexibility index (Phi) is 6.87. The molecule has 6 heteroatoms. The normalized spacial score (nSPS) is 14.4. The fourth-order valence-corrected chi connectivity index (χ4v) is 3.01. The second kappa shape index (κ2) is 9.55. The van der Waals surface area contributed by atoms with E-state index in [4.69, 9.17) is 4.74 Å². The fraction of sp³-hybridized carbons (Fsp3) is 0.524. The van der Waals surface area contributed by atoms with Crippen LogP contribution < -0.4 is 5.32 Å². The number of likely N-dealkylation sites (N-methyl/N-ethyl adjacent to an activating group) is 1. The molecular weight excluding hydrogens is 338 g/mol. The number of benzene rings is 1. The van der Waals surface area contributed by atoms with E-state index in [0.29, 0.717) is 0 Å². The smallest absolute Gasteiger partial charge is 0.193 e. The third-order valence-corrected chi connectivity index (χ3v) is 4.91. The highest BCUT2D eigenvalue weighted by atomic mass is 16.5. The van der Waals surface area contributed by atoms with E-state index in [-0.39, 0.29) is 0 Å². The summed E-state index contributed by atoms with van der Waals surface area (Å²) in [5.41, 5.74) is 2.51. The topological polar surface area (TPSA) is 54.7 Å². The first-order valence-electron chi connectivity index (χ1n) is 9.71. The van der Waals surface area contributed by atoms with Crippen molar-refractivity contribution in [1.82, 2.24) is 19.8 Å². The van der Waals surface area contributed by atoms with Crippen LogP contribution >= 0.6 is 0 Å². The summed E-state index contributed by atoms with van der Waals surface area (Å²) in [6.07, 6.45) is 6.52. The molecule has 0 saturated heterocycles. The van der Waals surface area contributed by atoms with Crippen molar-refractivity contribution >= 4 is 5.96 Å². The van der Waals surface area contributed by atoms with E-state index < -0.39 is 0 Å². The average Bonchev–Trinajstić information content (AvgIpc) is 3.41. The molecular formula is C21H31N5O. The van der Waals surface area contributed by atoms with Gasteiger partial charge in [0, 0.05) is 52.7 Å².